The lowest BCUT2D eigenvalue weighted by Gasteiger charge is -2.38. The molecule has 19 heavy (non-hydrogen) atoms. The van der Waals surface area contributed by atoms with Crippen molar-refractivity contribution >= 4 is 5.91 Å². The molecule has 2 atom stereocenters. The van der Waals surface area contributed by atoms with Crippen molar-refractivity contribution in [2.24, 2.45) is 5.73 Å². The number of piperazine rings is 1. The van der Waals surface area contributed by atoms with E-state index in [1.807, 2.05) is 12.1 Å². The Morgan fingerprint density at radius 1 is 1.53 bits per heavy atom. The Hall–Kier alpha value is -1.90. The molecule has 1 amide bonds. The molecule has 2 unspecified atom stereocenters. The van der Waals surface area contributed by atoms with Crippen LogP contribution in [0, 0.1) is 11.3 Å². The maximum atomic E-state index is 11.5. The summed E-state index contributed by atoms with van der Waals surface area (Å²) < 4.78 is 0. The Balaban J connectivity index is 2.18. The highest BCUT2D eigenvalue weighted by molar-refractivity contribution is 5.80. The molecule has 0 saturated carbocycles. The lowest BCUT2D eigenvalue weighted by Crippen LogP contribution is -2.57. The van der Waals surface area contributed by atoms with Gasteiger partial charge >= 0.3 is 0 Å². The van der Waals surface area contributed by atoms with Crippen molar-refractivity contribution in [3.8, 4) is 6.07 Å². The van der Waals surface area contributed by atoms with Crippen LogP contribution in [0.5, 0.6) is 0 Å². The smallest absolute Gasteiger partial charge is 0.236 e. The molecule has 1 aliphatic heterocycles. The van der Waals surface area contributed by atoms with E-state index in [0.717, 1.165) is 18.7 Å². The largest absolute Gasteiger partial charge is 0.368 e. The van der Waals surface area contributed by atoms with Crippen molar-refractivity contribution in [3.63, 3.8) is 0 Å². The molecule has 100 valence electrons. The number of carbonyl (C=O) groups is 1. The standard InChI is InChI=1S/C14H18N4O/c1-10(12-4-2-11(8-15)3-5-12)18-7-6-17-9-13(18)14(16)19/h2-5,10,13,17H,6-7,9H2,1H3,(H2,16,19). The van der Waals surface area contributed by atoms with Gasteiger partial charge in [0.2, 0.25) is 5.91 Å². The predicted molar refractivity (Wildman–Crippen MR) is 72.1 cm³/mol. The van der Waals surface area contributed by atoms with E-state index in [-0.39, 0.29) is 18.0 Å². The van der Waals surface area contributed by atoms with Gasteiger partial charge in [-0.3, -0.25) is 9.69 Å². The summed E-state index contributed by atoms with van der Waals surface area (Å²) in [6, 6.07) is 9.39. The summed E-state index contributed by atoms with van der Waals surface area (Å²) in [5, 5.41) is 12.0. The summed E-state index contributed by atoms with van der Waals surface area (Å²) in [4.78, 5) is 13.6. The van der Waals surface area contributed by atoms with Gasteiger partial charge in [0.15, 0.2) is 0 Å². The number of hydrogen-bond acceptors (Lipinski definition) is 4. The van der Waals surface area contributed by atoms with E-state index in [1.54, 1.807) is 12.1 Å². The van der Waals surface area contributed by atoms with Crippen molar-refractivity contribution in [2.75, 3.05) is 19.6 Å². The maximum Gasteiger partial charge on any atom is 0.236 e. The summed E-state index contributed by atoms with van der Waals surface area (Å²) in [5.41, 5.74) is 7.19. The minimum absolute atomic E-state index is 0.104. The van der Waals surface area contributed by atoms with Gasteiger partial charge in [0.05, 0.1) is 11.6 Å². The molecule has 0 bridgehead atoms. The van der Waals surface area contributed by atoms with E-state index in [4.69, 9.17) is 11.0 Å². The van der Waals surface area contributed by atoms with Gasteiger partial charge in [0.1, 0.15) is 6.04 Å². The molecule has 0 radical (unpaired) electrons. The minimum atomic E-state index is -0.298. The Morgan fingerprint density at radius 3 is 2.79 bits per heavy atom. The number of primary amides is 1. The Labute approximate surface area is 113 Å². The van der Waals surface area contributed by atoms with Gasteiger partial charge in [0, 0.05) is 25.7 Å². The van der Waals surface area contributed by atoms with Crippen LogP contribution >= 0.6 is 0 Å². The summed E-state index contributed by atoms with van der Waals surface area (Å²) in [6.45, 7) is 4.29. The number of amides is 1. The van der Waals surface area contributed by atoms with Crippen LogP contribution < -0.4 is 11.1 Å². The first-order chi connectivity index (χ1) is 9.13. The normalized spacial score (nSPS) is 21.6. The van der Waals surface area contributed by atoms with Gasteiger partial charge in [-0.1, -0.05) is 12.1 Å². The topological polar surface area (TPSA) is 82.2 Å². The number of nitrogens with one attached hydrogen (secondary N) is 1. The Morgan fingerprint density at radius 2 is 2.21 bits per heavy atom. The summed E-state index contributed by atoms with van der Waals surface area (Å²) in [5.74, 6) is -0.298. The first-order valence-corrected chi connectivity index (χ1v) is 6.39. The third kappa shape index (κ3) is 2.92. The van der Waals surface area contributed by atoms with E-state index in [2.05, 4.69) is 23.2 Å². The zero-order valence-electron chi connectivity index (χ0n) is 11.0. The molecule has 3 N–H and O–H groups in total. The molecule has 2 rings (SSSR count). The number of rotatable bonds is 3. The van der Waals surface area contributed by atoms with E-state index in [1.165, 1.54) is 0 Å². The summed E-state index contributed by atoms with van der Waals surface area (Å²) in [7, 11) is 0. The van der Waals surface area contributed by atoms with Crippen molar-refractivity contribution in [1.29, 1.82) is 5.26 Å². The van der Waals surface area contributed by atoms with Gasteiger partial charge < -0.3 is 11.1 Å². The molecule has 0 aromatic heterocycles. The van der Waals surface area contributed by atoms with Crippen LogP contribution in [0.2, 0.25) is 0 Å². The van der Waals surface area contributed by atoms with Crippen LogP contribution in [0.3, 0.4) is 0 Å². The number of benzene rings is 1. The molecule has 1 saturated heterocycles. The molecule has 1 aliphatic rings. The molecule has 1 aromatic carbocycles. The van der Waals surface area contributed by atoms with Crippen LogP contribution in [-0.4, -0.2) is 36.5 Å². The summed E-state index contributed by atoms with van der Waals surface area (Å²) >= 11 is 0. The SMILES string of the molecule is CC(c1ccc(C#N)cc1)N1CCNCC1C(N)=O. The highest BCUT2D eigenvalue weighted by atomic mass is 16.1. The van der Waals surface area contributed by atoms with Crippen molar-refractivity contribution in [3.05, 3.63) is 35.4 Å². The van der Waals surface area contributed by atoms with Gasteiger partial charge in [0.25, 0.3) is 0 Å². The van der Waals surface area contributed by atoms with Crippen molar-refractivity contribution in [2.45, 2.75) is 19.0 Å². The van der Waals surface area contributed by atoms with Crippen molar-refractivity contribution < 1.29 is 4.79 Å². The molecule has 1 fully saturated rings. The lowest BCUT2D eigenvalue weighted by atomic mass is 10.0. The number of nitrogens with zero attached hydrogens (tertiary/aromatic N) is 2. The highest BCUT2D eigenvalue weighted by Crippen LogP contribution is 2.23. The molecule has 5 nitrogen and oxygen atoms in total. The minimum Gasteiger partial charge on any atom is -0.368 e. The lowest BCUT2D eigenvalue weighted by molar-refractivity contribution is -0.124. The number of carbonyl (C=O) groups excluding carboxylic acids is 1. The molecular formula is C14H18N4O. The third-order valence-electron chi connectivity index (χ3n) is 3.63. The number of nitriles is 1. The number of nitrogens with two attached hydrogens (primary N) is 1. The zero-order valence-corrected chi connectivity index (χ0v) is 11.0. The second-order valence-corrected chi connectivity index (χ2v) is 4.77. The molecule has 0 aliphatic carbocycles. The Bertz CT molecular complexity index is 491. The highest BCUT2D eigenvalue weighted by Gasteiger charge is 2.30. The first kappa shape index (κ1) is 13.5. The fourth-order valence-electron chi connectivity index (χ4n) is 2.48. The average Bonchev–Trinajstić information content (AvgIpc) is 2.46. The Kier molecular flexibility index (Phi) is 4.15. The molecular weight excluding hydrogens is 240 g/mol. The van der Waals surface area contributed by atoms with Gasteiger partial charge in [-0.15, -0.1) is 0 Å². The van der Waals surface area contributed by atoms with E-state index in [0.29, 0.717) is 12.1 Å². The second kappa shape index (κ2) is 5.83. The van der Waals surface area contributed by atoms with Gasteiger partial charge in [-0.25, -0.2) is 0 Å². The summed E-state index contributed by atoms with van der Waals surface area (Å²) in [6.07, 6.45) is 0. The van der Waals surface area contributed by atoms with E-state index in [9.17, 15) is 4.79 Å². The van der Waals surface area contributed by atoms with E-state index >= 15 is 0 Å². The number of hydrogen-bond donors (Lipinski definition) is 2. The zero-order chi connectivity index (χ0) is 13.8. The average molecular weight is 258 g/mol. The fourth-order valence-corrected chi connectivity index (χ4v) is 2.48. The van der Waals surface area contributed by atoms with Crippen LogP contribution in [-0.2, 0) is 4.79 Å². The third-order valence-corrected chi connectivity index (χ3v) is 3.63. The van der Waals surface area contributed by atoms with Crippen LogP contribution in [0.1, 0.15) is 24.1 Å². The van der Waals surface area contributed by atoms with Gasteiger partial charge in [-0.2, -0.15) is 5.26 Å². The molecule has 0 spiro atoms. The van der Waals surface area contributed by atoms with Crippen molar-refractivity contribution in [1.82, 2.24) is 10.2 Å². The predicted octanol–water partition coefficient (Wildman–Crippen LogP) is 0.378. The quantitative estimate of drug-likeness (QED) is 0.821. The van der Waals surface area contributed by atoms with Gasteiger partial charge in [-0.05, 0) is 24.6 Å². The monoisotopic (exact) mass is 258 g/mol. The van der Waals surface area contributed by atoms with Crippen LogP contribution in [0.4, 0.5) is 0 Å². The van der Waals surface area contributed by atoms with E-state index < -0.39 is 0 Å². The molecule has 1 heterocycles. The van der Waals surface area contributed by atoms with Crippen LogP contribution in [0.15, 0.2) is 24.3 Å². The molecule has 5 heteroatoms. The fraction of sp³-hybridized carbons (Fsp3) is 0.429. The van der Waals surface area contributed by atoms with Crippen LogP contribution in [0.25, 0.3) is 0 Å². The second-order valence-electron chi connectivity index (χ2n) is 4.77. The molecule has 1 aromatic rings. The first-order valence-electron chi connectivity index (χ1n) is 6.39. The maximum absolute atomic E-state index is 11.5.